The van der Waals surface area contributed by atoms with Gasteiger partial charge >= 0.3 is 0 Å². The number of halogens is 1. The molecule has 1 saturated heterocycles. The van der Waals surface area contributed by atoms with Gasteiger partial charge in [0.05, 0.1) is 19.8 Å². The number of benzene rings is 1. The van der Waals surface area contributed by atoms with Crippen LogP contribution < -0.4 is 10.1 Å². The van der Waals surface area contributed by atoms with Crippen molar-refractivity contribution < 1.29 is 9.47 Å². The largest absolute Gasteiger partial charge is 0.497 e. The Balaban J connectivity index is 1.89. The fourth-order valence-corrected chi connectivity index (χ4v) is 2.68. The minimum absolute atomic E-state index is 0.249. The van der Waals surface area contributed by atoms with Crippen molar-refractivity contribution in [1.82, 2.24) is 4.90 Å². The molecular formula is C14H21BrN2O2. The lowest BCUT2D eigenvalue weighted by Crippen LogP contribution is -2.45. The molecule has 1 fully saturated rings. The van der Waals surface area contributed by atoms with Crippen molar-refractivity contribution in [3.05, 3.63) is 22.7 Å². The number of hydrogen-bond acceptors (Lipinski definition) is 4. The fourth-order valence-electron chi connectivity index (χ4n) is 2.21. The van der Waals surface area contributed by atoms with Gasteiger partial charge in [0.1, 0.15) is 5.75 Å². The minimum atomic E-state index is 0.249. The van der Waals surface area contributed by atoms with Crippen molar-refractivity contribution in [2.45, 2.75) is 13.0 Å². The lowest BCUT2D eigenvalue weighted by atomic mass is 10.2. The van der Waals surface area contributed by atoms with E-state index in [1.807, 2.05) is 18.2 Å². The molecule has 4 nitrogen and oxygen atoms in total. The maximum absolute atomic E-state index is 5.77. The van der Waals surface area contributed by atoms with Crippen LogP contribution >= 0.6 is 15.9 Å². The predicted molar refractivity (Wildman–Crippen MR) is 81.0 cm³/mol. The summed E-state index contributed by atoms with van der Waals surface area (Å²) in [6.07, 6.45) is 0.249. The van der Waals surface area contributed by atoms with Crippen LogP contribution in [0.2, 0.25) is 0 Å². The summed E-state index contributed by atoms with van der Waals surface area (Å²) < 4.78 is 12.0. The standard InChI is InChI=1S/C14H21BrN2O2/c1-3-17-4-5-19-14(10-17)9-16-12-6-11(15)7-13(8-12)18-2/h6-8,14,16H,3-5,9-10H2,1-2H3. The average molecular weight is 329 g/mol. The molecule has 0 amide bonds. The quantitative estimate of drug-likeness (QED) is 0.900. The van der Waals surface area contributed by atoms with Gasteiger partial charge in [0, 0.05) is 35.9 Å². The fraction of sp³-hybridized carbons (Fsp3) is 0.571. The van der Waals surface area contributed by atoms with Gasteiger partial charge < -0.3 is 14.8 Å². The molecule has 1 heterocycles. The van der Waals surface area contributed by atoms with E-state index in [0.717, 1.165) is 48.7 Å². The molecule has 19 heavy (non-hydrogen) atoms. The molecule has 1 aliphatic heterocycles. The van der Waals surface area contributed by atoms with Crippen molar-refractivity contribution >= 4 is 21.6 Å². The lowest BCUT2D eigenvalue weighted by molar-refractivity contribution is -0.0191. The Morgan fingerprint density at radius 1 is 1.47 bits per heavy atom. The summed E-state index contributed by atoms with van der Waals surface area (Å²) >= 11 is 3.48. The zero-order valence-corrected chi connectivity index (χ0v) is 13.1. The highest BCUT2D eigenvalue weighted by Crippen LogP contribution is 2.24. The number of likely N-dealkylation sites (N-methyl/N-ethyl adjacent to an activating group) is 1. The number of nitrogens with zero attached hydrogens (tertiary/aromatic N) is 1. The summed E-state index contributed by atoms with van der Waals surface area (Å²) in [6.45, 7) is 6.95. The highest BCUT2D eigenvalue weighted by atomic mass is 79.9. The molecule has 0 radical (unpaired) electrons. The van der Waals surface area contributed by atoms with E-state index in [9.17, 15) is 0 Å². The van der Waals surface area contributed by atoms with Crippen molar-refractivity contribution in [3.63, 3.8) is 0 Å². The Morgan fingerprint density at radius 2 is 2.32 bits per heavy atom. The Labute approximate surface area is 123 Å². The third-order valence-electron chi connectivity index (χ3n) is 3.31. The molecule has 106 valence electrons. The second-order valence-electron chi connectivity index (χ2n) is 4.65. The smallest absolute Gasteiger partial charge is 0.122 e. The number of anilines is 1. The van der Waals surface area contributed by atoms with Gasteiger partial charge in [-0.15, -0.1) is 0 Å². The molecule has 1 atom stereocenters. The van der Waals surface area contributed by atoms with Crippen molar-refractivity contribution in [2.24, 2.45) is 0 Å². The van der Waals surface area contributed by atoms with E-state index < -0.39 is 0 Å². The van der Waals surface area contributed by atoms with Gasteiger partial charge in [-0.05, 0) is 18.7 Å². The lowest BCUT2D eigenvalue weighted by Gasteiger charge is -2.32. The summed E-state index contributed by atoms with van der Waals surface area (Å²) in [5.41, 5.74) is 1.04. The summed E-state index contributed by atoms with van der Waals surface area (Å²) in [4.78, 5) is 2.41. The average Bonchev–Trinajstić information content (AvgIpc) is 2.44. The first-order valence-electron chi connectivity index (χ1n) is 6.63. The van der Waals surface area contributed by atoms with Crippen LogP contribution in [0.15, 0.2) is 22.7 Å². The highest BCUT2D eigenvalue weighted by Gasteiger charge is 2.18. The van der Waals surface area contributed by atoms with Gasteiger partial charge in [0.2, 0.25) is 0 Å². The number of nitrogens with one attached hydrogen (secondary N) is 1. The van der Waals surface area contributed by atoms with Gasteiger partial charge in [-0.2, -0.15) is 0 Å². The first-order valence-corrected chi connectivity index (χ1v) is 7.43. The second kappa shape index (κ2) is 7.12. The van der Waals surface area contributed by atoms with Crippen LogP contribution in [0.25, 0.3) is 0 Å². The number of morpholine rings is 1. The van der Waals surface area contributed by atoms with Crippen LogP contribution in [0.1, 0.15) is 6.92 Å². The molecule has 0 bridgehead atoms. The number of ether oxygens (including phenoxy) is 2. The molecule has 1 aromatic carbocycles. The summed E-state index contributed by atoms with van der Waals surface area (Å²) in [6, 6.07) is 5.98. The molecule has 0 saturated carbocycles. The van der Waals surface area contributed by atoms with Crippen LogP contribution in [0.5, 0.6) is 5.75 Å². The molecule has 0 spiro atoms. The molecule has 5 heteroatoms. The Morgan fingerprint density at radius 3 is 3.05 bits per heavy atom. The molecular weight excluding hydrogens is 308 g/mol. The van der Waals surface area contributed by atoms with Crippen LogP contribution in [-0.2, 0) is 4.74 Å². The van der Waals surface area contributed by atoms with E-state index >= 15 is 0 Å². The second-order valence-corrected chi connectivity index (χ2v) is 5.56. The van der Waals surface area contributed by atoms with Crippen LogP contribution in [0.3, 0.4) is 0 Å². The Kier molecular flexibility index (Phi) is 5.48. The first kappa shape index (κ1) is 14.6. The predicted octanol–water partition coefficient (Wildman–Crippen LogP) is 2.59. The van der Waals surface area contributed by atoms with E-state index in [0.29, 0.717) is 0 Å². The van der Waals surface area contributed by atoms with Crippen LogP contribution in [0, 0.1) is 0 Å². The Hall–Kier alpha value is -0.780. The maximum Gasteiger partial charge on any atom is 0.122 e. The molecule has 1 unspecified atom stereocenters. The van der Waals surface area contributed by atoms with Crippen molar-refractivity contribution in [1.29, 1.82) is 0 Å². The van der Waals surface area contributed by atoms with Gasteiger partial charge in [-0.25, -0.2) is 0 Å². The van der Waals surface area contributed by atoms with E-state index in [1.54, 1.807) is 7.11 Å². The van der Waals surface area contributed by atoms with E-state index in [4.69, 9.17) is 9.47 Å². The van der Waals surface area contributed by atoms with Gasteiger partial charge in [-0.1, -0.05) is 22.9 Å². The summed E-state index contributed by atoms with van der Waals surface area (Å²) in [7, 11) is 1.68. The normalized spacial score (nSPS) is 20.3. The molecule has 1 aliphatic rings. The van der Waals surface area contributed by atoms with E-state index in [2.05, 4.69) is 33.1 Å². The van der Waals surface area contributed by atoms with Crippen LogP contribution in [0.4, 0.5) is 5.69 Å². The van der Waals surface area contributed by atoms with E-state index in [1.165, 1.54) is 0 Å². The summed E-state index contributed by atoms with van der Waals surface area (Å²) in [5.74, 6) is 0.844. The zero-order valence-electron chi connectivity index (χ0n) is 11.5. The van der Waals surface area contributed by atoms with E-state index in [-0.39, 0.29) is 6.10 Å². The third kappa shape index (κ3) is 4.37. The maximum atomic E-state index is 5.77. The molecule has 0 aromatic heterocycles. The topological polar surface area (TPSA) is 33.7 Å². The van der Waals surface area contributed by atoms with Gasteiger partial charge in [0.25, 0.3) is 0 Å². The number of hydrogen-bond donors (Lipinski definition) is 1. The minimum Gasteiger partial charge on any atom is -0.497 e. The highest BCUT2D eigenvalue weighted by molar-refractivity contribution is 9.10. The van der Waals surface area contributed by atoms with Gasteiger partial charge in [0.15, 0.2) is 0 Å². The van der Waals surface area contributed by atoms with Crippen molar-refractivity contribution in [2.75, 3.05) is 45.2 Å². The van der Waals surface area contributed by atoms with Crippen molar-refractivity contribution in [3.8, 4) is 5.75 Å². The number of rotatable bonds is 5. The number of methoxy groups -OCH3 is 1. The summed E-state index contributed by atoms with van der Waals surface area (Å²) in [5, 5.41) is 3.41. The molecule has 1 aromatic rings. The SMILES string of the molecule is CCN1CCOC(CNc2cc(Br)cc(OC)c2)C1. The molecule has 2 rings (SSSR count). The van der Waals surface area contributed by atoms with Gasteiger partial charge in [-0.3, -0.25) is 4.90 Å². The zero-order chi connectivity index (χ0) is 13.7. The Bertz CT molecular complexity index is 414. The van der Waals surface area contributed by atoms with Crippen LogP contribution in [-0.4, -0.2) is 50.9 Å². The first-order chi connectivity index (χ1) is 9.21. The monoisotopic (exact) mass is 328 g/mol. The molecule has 1 N–H and O–H groups in total. The molecule has 0 aliphatic carbocycles. The third-order valence-corrected chi connectivity index (χ3v) is 3.77.